The molecule has 2 N–H and O–H groups in total. The van der Waals surface area contributed by atoms with Gasteiger partial charge in [-0.05, 0) is 42.3 Å². The van der Waals surface area contributed by atoms with Crippen LogP contribution in [0.25, 0.3) is 0 Å². The molecule has 1 atom stereocenters. The van der Waals surface area contributed by atoms with Gasteiger partial charge in [0.15, 0.2) is 11.5 Å². The predicted molar refractivity (Wildman–Crippen MR) is 75.6 cm³/mol. The minimum atomic E-state index is -0.215. The van der Waals surface area contributed by atoms with Crippen molar-refractivity contribution in [2.24, 2.45) is 5.73 Å². The summed E-state index contributed by atoms with van der Waals surface area (Å²) in [4.78, 5) is 13.1. The van der Waals surface area contributed by atoms with E-state index < -0.39 is 0 Å². The molecule has 1 aliphatic heterocycles. The zero-order valence-corrected chi connectivity index (χ0v) is 11.9. The zero-order valence-electron chi connectivity index (χ0n) is 11.1. The second kappa shape index (κ2) is 4.80. The third kappa shape index (κ3) is 1.84. The lowest BCUT2D eigenvalue weighted by Crippen LogP contribution is -2.26. The van der Waals surface area contributed by atoms with Crippen molar-refractivity contribution in [1.29, 1.82) is 5.26 Å². The van der Waals surface area contributed by atoms with Crippen molar-refractivity contribution >= 4 is 17.1 Å². The second-order valence-corrected chi connectivity index (χ2v) is 5.97. The molecule has 5 heteroatoms. The highest BCUT2D eigenvalue weighted by atomic mass is 32.1. The summed E-state index contributed by atoms with van der Waals surface area (Å²) in [5, 5.41) is 11.4. The van der Waals surface area contributed by atoms with Gasteiger partial charge in [-0.3, -0.25) is 4.79 Å². The van der Waals surface area contributed by atoms with E-state index in [9.17, 15) is 10.1 Å². The van der Waals surface area contributed by atoms with Gasteiger partial charge in [0.25, 0.3) is 0 Å². The predicted octanol–water partition coefficient (Wildman–Crippen LogP) is 2.87. The molecule has 20 heavy (non-hydrogen) atoms. The summed E-state index contributed by atoms with van der Waals surface area (Å²) < 4.78 is 5.44. The van der Waals surface area contributed by atoms with E-state index in [-0.39, 0.29) is 17.6 Å². The minimum absolute atomic E-state index is 0.00889. The first-order valence-corrected chi connectivity index (χ1v) is 7.39. The fourth-order valence-corrected chi connectivity index (χ4v) is 3.88. The maximum atomic E-state index is 12.0. The number of hydrogen-bond acceptors (Lipinski definition) is 5. The van der Waals surface area contributed by atoms with E-state index >= 15 is 0 Å². The second-order valence-electron chi connectivity index (χ2n) is 5.02. The van der Waals surface area contributed by atoms with Crippen molar-refractivity contribution in [2.75, 3.05) is 0 Å². The van der Waals surface area contributed by atoms with Gasteiger partial charge in [0.2, 0.25) is 5.88 Å². The van der Waals surface area contributed by atoms with Crippen LogP contribution in [-0.2, 0) is 9.53 Å². The molecule has 0 bridgehead atoms. The van der Waals surface area contributed by atoms with Crippen LogP contribution >= 0.6 is 11.3 Å². The average Bonchev–Trinajstić information content (AvgIpc) is 2.84. The number of ether oxygens (including phenoxy) is 1. The number of nitrogens with two attached hydrogens (primary N) is 1. The molecule has 0 saturated heterocycles. The van der Waals surface area contributed by atoms with E-state index in [1.54, 1.807) is 11.3 Å². The Balaban J connectivity index is 2.20. The molecule has 0 spiro atoms. The van der Waals surface area contributed by atoms with Crippen molar-refractivity contribution in [3.63, 3.8) is 0 Å². The topological polar surface area (TPSA) is 76.1 Å². The summed E-state index contributed by atoms with van der Waals surface area (Å²) in [6.07, 6.45) is 2.08. The maximum absolute atomic E-state index is 12.0. The van der Waals surface area contributed by atoms with E-state index in [0.29, 0.717) is 17.8 Å². The van der Waals surface area contributed by atoms with Crippen LogP contribution in [0.1, 0.15) is 35.6 Å². The number of ketones is 1. The van der Waals surface area contributed by atoms with Crippen molar-refractivity contribution in [3.05, 3.63) is 44.7 Å². The maximum Gasteiger partial charge on any atom is 0.205 e. The summed E-state index contributed by atoms with van der Waals surface area (Å²) in [5.41, 5.74) is 8.31. The molecule has 2 aliphatic rings. The van der Waals surface area contributed by atoms with Gasteiger partial charge < -0.3 is 10.5 Å². The number of aryl methyl sites for hydroxylation is 1. The smallest absolute Gasteiger partial charge is 0.205 e. The first-order valence-electron chi connectivity index (χ1n) is 6.51. The molecule has 0 radical (unpaired) electrons. The number of Topliss-reactive ketones (excluding diaryl/α,β-unsaturated/α-hetero) is 1. The van der Waals surface area contributed by atoms with E-state index in [4.69, 9.17) is 10.5 Å². The van der Waals surface area contributed by atoms with Crippen molar-refractivity contribution in [1.82, 2.24) is 0 Å². The van der Waals surface area contributed by atoms with Crippen LogP contribution in [0, 0.1) is 18.3 Å². The number of hydrogen-bond donors (Lipinski definition) is 1. The van der Waals surface area contributed by atoms with Gasteiger partial charge in [-0.2, -0.15) is 5.26 Å². The van der Waals surface area contributed by atoms with Gasteiger partial charge in [-0.15, -0.1) is 11.3 Å². The largest absolute Gasteiger partial charge is 0.437 e. The Labute approximate surface area is 121 Å². The Bertz CT molecular complexity index is 691. The minimum Gasteiger partial charge on any atom is -0.437 e. The Kier molecular flexibility index (Phi) is 3.11. The third-order valence-electron chi connectivity index (χ3n) is 3.79. The molecule has 1 aromatic rings. The molecule has 1 aliphatic carbocycles. The Hall–Kier alpha value is -2.06. The molecule has 0 aromatic carbocycles. The van der Waals surface area contributed by atoms with Gasteiger partial charge in [0.05, 0.1) is 5.92 Å². The number of nitriles is 1. The van der Waals surface area contributed by atoms with Crippen molar-refractivity contribution in [2.45, 2.75) is 32.1 Å². The lowest BCUT2D eigenvalue weighted by atomic mass is 9.80. The van der Waals surface area contributed by atoms with Crippen LogP contribution in [0.15, 0.2) is 34.2 Å². The molecule has 4 nitrogen and oxygen atoms in total. The van der Waals surface area contributed by atoms with E-state index in [0.717, 1.165) is 28.9 Å². The Morgan fingerprint density at radius 1 is 1.50 bits per heavy atom. The van der Waals surface area contributed by atoms with Crippen LogP contribution in [0.5, 0.6) is 0 Å². The first-order chi connectivity index (χ1) is 9.63. The number of rotatable bonds is 1. The SMILES string of the molecule is Cc1ccsc1[C@@H]1C(C#N)=C(N)OC2=C1CCCC2=O. The van der Waals surface area contributed by atoms with Gasteiger partial charge in [0, 0.05) is 11.3 Å². The first kappa shape index (κ1) is 12.9. The molecule has 0 saturated carbocycles. The normalized spacial score (nSPS) is 22.4. The van der Waals surface area contributed by atoms with Crippen LogP contribution in [0.4, 0.5) is 0 Å². The average molecular weight is 286 g/mol. The van der Waals surface area contributed by atoms with E-state index in [1.807, 2.05) is 18.4 Å². The van der Waals surface area contributed by atoms with Crippen molar-refractivity contribution in [3.8, 4) is 6.07 Å². The van der Waals surface area contributed by atoms with Crippen LogP contribution in [0.3, 0.4) is 0 Å². The summed E-state index contributed by atoms with van der Waals surface area (Å²) in [6, 6.07) is 4.18. The molecule has 0 fully saturated rings. The number of thiophene rings is 1. The van der Waals surface area contributed by atoms with Crippen LogP contribution in [0.2, 0.25) is 0 Å². The van der Waals surface area contributed by atoms with Gasteiger partial charge in [-0.25, -0.2) is 0 Å². The summed E-state index contributed by atoms with van der Waals surface area (Å²) in [7, 11) is 0. The van der Waals surface area contributed by atoms with Crippen LogP contribution in [-0.4, -0.2) is 5.78 Å². The number of carbonyl (C=O) groups excluding carboxylic acids is 1. The highest BCUT2D eigenvalue weighted by molar-refractivity contribution is 7.10. The third-order valence-corrected chi connectivity index (χ3v) is 4.88. The molecule has 0 unspecified atom stereocenters. The van der Waals surface area contributed by atoms with Crippen LogP contribution < -0.4 is 5.73 Å². The summed E-state index contributed by atoms with van der Waals surface area (Å²) in [6.45, 7) is 2.01. The van der Waals surface area contributed by atoms with Gasteiger partial charge in [0.1, 0.15) is 11.6 Å². The fourth-order valence-electron chi connectivity index (χ4n) is 2.81. The highest BCUT2D eigenvalue weighted by Crippen LogP contribution is 2.45. The Morgan fingerprint density at radius 3 is 2.95 bits per heavy atom. The molecule has 1 aromatic heterocycles. The van der Waals surface area contributed by atoms with Gasteiger partial charge >= 0.3 is 0 Å². The molecule has 3 rings (SSSR count). The molecule has 102 valence electrons. The van der Waals surface area contributed by atoms with E-state index in [2.05, 4.69) is 6.07 Å². The van der Waals surface area contributed by atoms with E-state index in [1.165, 1.54) is 0 Å². The fraction of sp³-hybridized carbons (Fsp3) is 0.333. The van der Waals surface area contributed by atoms with Gasteiger partial charge in [-0.1, -0.05) is 0 Å². The zero-order chi connectivity index (χ0) is 14.3. The summed E-state index contributed by atoms with van der Waals surface area (Å²) >= 11 is 1.59. The lowest BCUT2D eigenvalue weighted by molar-refractivity contribution is -0.119. The number of allylic oxidation sites excluding steroid dienone is 3. The summed E-state index contributed by atoms with van der Waals surface area (Å²) in [5.74, 6) is 0.211. The molecule has 2 heterocycles. The number of carbonyl (C=O) groups is 1. The standard InChI is InChI=1S/C15H14N2O2S/c1-8-5-6-20-14(8)12-9-3-2-4-11(18)13(9)19-15(17)10(12)7-16/h5-6,12H,2-4,17H2,1H3/t12-/m0/s1. The lowest BCUT2D eigenvalue weighted by Gasteiger charge is -2.30. The quantitative estimate of drug-likeness (QED) is 0.861. The number of nitrogens with zero attached hydrogens (tertiary/aromatic N) is 1. The molecular weight excluding hydrogens is 272 g/mol. The monoisotopic (exact) mass is 286 g/mol. The Morgan fingerprint density at radius 2 is 2.30 bits per heavy atom. The van der Waals surface area contributed by atoms with Crippen molar-refractivity contribution < 1.29 is 9.53 Å². The molecule has 0 amide bonds. The molecular formula is C15H14N2O2S. The highest BCUT2D eigenvalue weighted by Gasteiger charge is 2.37.